The van der Waals surface area contributed by atoms with Gasteiger partial charge >= 0.3 is 6.61 Å². The van der Waals surface area contributed by atoms with Crippen LogP contribution in [0.15, 0.2) is 30.3 Å². The molecule has 9 heteroatoms. The highest BCUT2D eigenvalue weighted by atomic mass is 32.1. The molecule has 0 atom stereocenters. The van der Waals surface area contributed by atoms with Crippen LogP contribution in [0.3, 0.4) is 0 Å². The van der Waals surface area contributed by atoms with Crippen molar-refractivity contribution in [2.75, 3.05) is 25.0 Å². The van der Waals surface area contributed by atoms with Crippen LogP contribution < -0.4 is 14.8 Å². The van der Waals surface area contributed by atoms with E-state index in [9.17, 15) is 18.4 Å². The number of amides is 2. The number of thiophene rings is 1. The Labute approximate surface area is 165 Å². The molecule has 28 heavy (non-hydrogen) atoms. The molecule has 6 nitrogen and oxygen atoms in total. The van der Waals surface area contributed by atoms with E-state index in [0.29, 0.717) is 16.3 Å². The molecule has 0 radical (unpaired) electrons. The van der Waals surface area contributed by atoms with E-state index in [0.717, 1.165) is 37.3 Å². The first-order valence-corrected chi connectivity index (χ1v) is 9.61. The fourth-order valence-electron chi connectivity index (χ4n) is 2.89. The Hall–Kier alpha value is -2.68. The smallest absolute Gasteiger partial charge is 0.387 e. The molecular weight excluding hydrogens is 390 g/mol. The van der Waals surface area contributed by atoms with Crippen LogP contribution in [0.25, 0.3) is 0 Å². The number of hydrogen-bond acceptors (Lipinski definition) is 5. The summed E-state index contributed by atoms with van der Waals surface area (Å²) < 4.78 is 35.0. The van der Waals surface area contributed by atoms with Crippen molar-refractivity contribution in [2.45, 2.75) is 26.4 Å². The van der Waals surface area contributed by atoms with E-state index in [2.05, 4.69) is 10.1 Å². The Kier molecular flexibility index (Phi) is 6.45. The minimum atomic E-state index is -3.01. The molecular formula is C19H20F2N2O4S. The van der Waals surface area contributed by atoms with Crippen molar-refractivity contribution in [1.29, 1.82) is 0 Å². The van der Waals surface area contributed by atoms with Gasteiger partial charge in [-0.05, 0) is 38.0 Å². The number of aryl methyl sites for hydroxylation is 1. The predicted molar refractivity (Wildman–Crippen MR) is 101 cm³/mol. The van der Waals surface area contributed by atoms with Crippen LogP contribution in [0.1, 0.15) is 27.4 Å². The summed E-state index contributed by atoms with van der Waals surface area (Å²) >= 11 is 1.06. The van der Waals surface area contributed by atoms with Crippen LogP contribution in [0, 0.1) is 6.92 Å². The molecule has 0 bridgehead atoms. The number of nitrogens with zero attached hydrogens (tertiary/aromatic N) is 1. The number of benzene rings is 1. The van der Waals surface area contributed by atoms with E-state index in [1.807, 2.05) is 0 Å². The molecule has 2 heterocycles. The lowest BCUT2D eigenvalue weighted by Crippen LogP contribution is -2.32. The number of alkyl halides is 2. The van der Waals surface area contributed by atoms with Gasteiger partial charge in [0.1, 0.15) is 16.4 Å². The van der Waals surface area contributed by atoms with Crippen LogP contribution in [-0.4, -0.2) is 43.0 Å². The van der Waals surface area contributed by atoms with Gasteiger partial charge in [-0.15, -0.1) is 11.3 Å². The maximum absolute atomic E-state index is 12.5. The van der Waals surface area contributed by atoms with Crippen LogP contribution >= 0.6 is 11.3 Å². The first kappa shape index (κ1) is 20.1. The standard InChI is InChI=1S/C19H20F2N2O4S/c1-12-9-15(27-19(20)21)17(28-12)18(25)22-13-5-4-6-14(10-13)26-11-16(24)23-7-2-3-8-23/h4-6,9-10,19H,2-3,7-8,11H2,1H3,(H,22,25). The van der Waals surface area contributed by atoms with Gasteiger partial charge in [0.05, 0.1) is 0 Å². The van der Waals surface area contributed by atoms with Crippen LogP contribution in [0.5, 0.6) is 11.5 Å². The van der Waals surface area contributed by atoms with Crippen molar-refractivity contribution in [1.82, 2.24) is 4.90 Å². The molecule has 2 aromatic rings. The maximum atomic E-state index is 12.5. The van der Waals surface area contributed by atoms with Gasteiger partial charge in [0.2, 0.25) is 0 Å². The molecule has 0 saturated carbocycles. The van der Waals surface area contributed by atoms with Gasteiger partial charge in [-0.2, -0.15) is 8.78 Å². The van der Waals surface area contributed by atoms with E-state index < -0.39 is 12.5 Å². The fourth-order valence-corrected chi connectivity index (χ4v) is 3.73. The zero-order valence-electron chi connectivity index (χ0n) is 15.2. The Morgan fingerprint density at radius 3 is 2.71 bits per heavy atom. The molecule has 0 aliphatic carbocycles. The summed E-state index contributed by atoms with van der Waals surface area (Å²) in [5, 5.41) is 2.64. The highest BCUT2D eigenvalue weighted by Gasteiger charge is 2.20. The molecule has 1 aliphatic heterocycles. The quantitative estimate of drug-likeness (QED) is 0.752. The summed E-state index contributed by atoms with van der Waals surface area (Å²) in [5.41, 5.74) is 0.421. The summed E-state index contributed by atoms with van der Waals surface area (Å²) in [6, 6.07) is 7.95. The second-order valence-electron chi connectivity index (χ2n) is 6.29. The zero-order valence-corrected chi connectivity index (χ0v) is 16.1. The van der Waals surface area contributed by atoms with Gasteiger partial charge in [0.25, 0.3) is 11.8 Å². The highest BCUT2D eigenvalue weighted by Crippen LogP contribution is 2.31. The SMILES string of the molecule is Cc1cc(OC(F)F)c(C(=O)Nc2cccc(OCC(=O)N3CCCC3)c2)s1. The Balaban J connectivity index is 1.62. The summed E-state index contributed by atoms with van der Waals surface area (Å²) in [5.74, 6) is -0.357. The van der Waals surface area contributed by atoms with Crippen molar-refractivity contribution < 1.29 is 27.8 Å². The first-order chi connectivity index (χ1) is 13.4. The molecule has 1 aromatic carbocycles. The van der Waals surface area contributed by atoms with Gasteiger partial charge in [0.15, 0.2) is 6.61 Å². The van der Waals surface area contributed by atoms with Crippen molar-refractivity contribution in [3.63, 3.8) is 0 Å². The average Bonchev–Trinajstić information content (AvgIpc) is 3.29. The molecule has 2 amide bonds. The van der Waals surface area contributed by atoms with E-state index >= 15 is 0 Å². The third-order valence-corrected chi connectivity index (χ3v) is 5.19. The Morgan fingerprint density at radius 1 is 1.25 bits per heavy atom. The molecule has 1 N–H and O–H groups in total. The molecule has 1 aliphatic rings. The summed E-state index contributed by atoms with van der Waals surface area (Å²) in [4.78, 5) is 27.0. The molecule has 150 valence electrons. The molecule has 0 spiro atoms. The second kappa shape index (κ2) is 9.01. The summed E-state index contributed by atoms with van der Waals surface area (Å²) in [6.45, 7) is 0.119. The van der Waals surface area contributed by atoms with Crippen molar-refractivity contribution in [3.05, 3.63) is 40.1 Å². The minimum absolute atomic E-state index is 0.0633. The van der Waals surface area contributed by atoms with E-state index in [-0.39, 0.29) is 23.1 Å². The molecule has 1 aromatic heterocycles. The monoisotopic (exact) mass is 410 g/mol. The largest absolute Gasteiger partial charge is 0.484 e. The summed E-state index contributed by atoms with van der Waals surface area (Å²) in [7, 11) is 0. The normalized spacial score (nSPS) is 13.6. The number of anilines is 1. The number of hydrogen-bond donors (Lipinski definition) is 1. The number of carbonyl (C=O) groups excluding carboxylic acids is 2. The molecule has 1 fully saturated rings. The fraction of sp³-hybridized carbons (Fsp3) is 0.368. The zero-order chi connectivity index (χ0) is 20.1. The van der Waals surface area contributed by atoms with Gasteiger partial charge in [0, 0.05) is 29.7 Å². The lowest BCUT2D eigenvalue weighted by Gasteiger charge is -2.15. The number of likely N-dealkylation sites (tertiary alicyclic amines) is 1. The lowest BCUT2D eigenvalue weighted by atomic mass is 10.3. The van der Waals surface area contributed by atoms with Crippen molar-refractivity contribution in [2.24, 2.45) is 0 Å². The molecule has 1 saturated heterocycles. The van der Waals surface area contributed by atoms with E-state index in [1.165, 1.54) is 6.07 Å². The first-order valence-electron chi connectivity index (χ1n) is 8.79. The van der Waals surface area contributed by atoms with Gasteiger partial charge in [-0.1, -0.05) is 6.07 Å². The highest BCUT2D eigenvalue weighted by molar-refractivity contribution is 7.14. The van der Waals surface area contributed by atoms with Crippen molar-refractivity contribution in [3.8, 4) is 11.5 Å². The number of nitrogens with one attached hydrogen (secondary N) is 1. The second-order valence-corrected chi connectivity index (χ2v) is 7.54. The summed E-state index contributed by atoms with van der Waals surface area (Å²) in [6.07, 6.45) is 2.01. The van der Waals surface area contributed by atoms with Crippen LogP contribution in [0.2, 0.25) is 0 Å². The van der Waals surface area contributed by atoms with Crippen LogP contribution in [-0.2, 0) is 4.79 Å². The van der Waals surface area contributed by atoms with Gasteiger partial charge in [-0.3, -0.25) is 9.59 Å². The van der Waals surface area contributed by atoms with Crippen molar-refractivity contribution >= 4 is 28.8 Å². The minimum Gasteiger partial charge on any atom is -0.484 e. The topological polar surface area (TPSA) is 67.9 Å². The molecule has 0 unspecified atom stereocenters. The lowest BCUT2D eigenvalue weighted by molar-refractivity contribution is -0.132. The van der Waals surface area contributed by atoms with Gasteiger partial charge < -0.3 is 19.7 Å². The van der Waals surface area contributed by atoms with E-state index in [1.54, 1.807) is 36.1 Å². The predicted octanol–water partition coefficient (Wildman–Crippen LogP) is 3.91. The van der Waals surface area contributed by atoms with Crippen LogP contribution in [0.4, 0.5) is 14.5 Å². The Bertz CT molecular complexity index is 850. The number of rotatable bonds is 7. The van der Waals surface area contributed by atoms with Gasteiger partial charge in [-0.25, -0.2) is 0 Å². The third-order valence-electron chi connectivity index (χ3n) is 4.16. The maximum Gasteiger partial charge on any atom is 0.387 e. The number of ether oxygens (including phenoxy) is 2. The number of halogens is 2. The Morgan fingerprint density at radius 2 is 2.00 bits per heavy atom. The molecule has 3 rings (SSSR count). The number of carbonyl (C=O) groups is 2. The average molecular weight is 410 g/mol. The third kappa shape index (κ3) is 5.19. The van der Waals surface area contributed by atoms with E-state index in [4.69, 9.17) is 4.74 Å².